The van der Waals surface area contributed by atoms with Crippen LogP contribution in [0, 0.1) is 23.7 Å². The molecule has 240 valence electrons. The second-order valence-electron chi connectivity index (χ2n) is 14.0. The van der Waals surface area contributed by atoms with Gasteiger partial charge in [0.2, 0.25) is 6.17 Å². The topological polar surface area (TPSA) is 23.6 Å². The van der Waals surface area contributed by atoms with E-state index < -0.39 is 6.98 Å². The van der Waals surface area contributed by atoms with Crippen molar-refractivity contribution in [2.45, 2.75) is 47.0 Å². The van der Waals surface area contributed by atoms with Gasteiger partial charge < -0.3 is 14.5 Å². The van der Waals surface area contributed by atoms with Crippen LogP contribution in [0.3, 0.4) is 0 Å². The Bertz CT molecular complexity index is 2230. The van der Waals surface area contributed by atoms with Gasteiger partial charge in [-0.2, -0.15) is 6.07 Å². The average Bonchev–Trinajstić information content (AvgIpc) is 3.51. The van der Waals surface area contributed by atoms with E-state index in [1.165, 1.54) is 10.5 Å². The molecule has 0 aliphatic carbocycles. The zero-order chi connectivity index (χ0) is 35.0. The Hall–Kier alpha value is -4.47. The maximum absolute atomic E-state index is 8.24. The molecular formula is C41H40N4OPt. The fourth-order valence-corrected chi connectivity index (χ4v) is 6.09. The summed E-state index contributed by atoms with van der Waals surface area (Å²) < 4.78 is 35.4. The van der Waals surface area contributed by atoms with Crippen LogP contribution in [0.2, 0.25) is 0 Å². The maximum Gasteiger partial charge on any atom is 2.00 e. The number of rotatable bonds is 4. The summed E-state index contributed by atoms with van der Waals surface area (Å²) >= 11 is 0. The van der Waals surface area contributed by atoms with Crippen molar-refractivity contribution in [2.75, 3.05) is 16.8 Å². The van der Waals surface area contributed by atoms with Gasteiger partial charge >= 0.3 is 21.1 Å². The Balaban J connectivity index is 0.00000432. The molecule has 0 fully saturated rings. The van der Waals surface area contributed by atoms with E-state index in [0.717, 1.165) is 33.5 Å². The van der Waals surface area contributed by atoms with Gasteiger partial charge in [0.25, 0.3) is 0 Å². The van der Waals surface area contributed by atoms with Gasteiger partial charge in [0, 0.05) is 35.5 Å². The smallest absolute Gasteiger partial charge is 0.510 e. The van der Waals surface area contributed by atoms with Crippen LogP contribution in [0.4, 0.5) is 17.1 Å². The van der Waals surface area contributed by atoms with Gasteiger partial charge in [0.1, 0.15) is 5.82 Å². The van der Waals surface area contributed by atoms with Crippen LogP contribution < -0.4 is 14.5 Å². The van der Waals surface area contributed by atoms with Gasteiger partial charge in [-0.1, -0.05) is 101 Å². The first kappa shape index (κ1) is 28.7. The predicted octanol–water partition coefficient (Wildman–Crippen LogP) is 10.1. The fourth-order valence-electron chi connectivity index (χ4n) is 6.09. The number of para-hydroxylation sites is 3. The molecule has 1 aromatic heterocycles. The summed E-state index contributed by atoms with van der Waals surface area (Å²) in [7, 11) is 0. The molecule has 47 heavy (non-hydrogen) atoms. The Morgan fingerprint density at radius 1 is 0.851 bits per heavy atom. The molecule has 0 atom stereocenters. The van der Waals surface area contributed by atoms with Crippen molar-refractivity contribution in [2.24, 2.45) is 5.41 Å². The standard InChI is InChI=1S/C41H40N4O.Pt/c1-27-43(9)36-16-12-13-17-37(36)44(27)30-22-29(41(5,6)7)23-32(25-30)46-31-18-19-34-33-14-10-11-15-35(33)45(38(34)26-31)39-24-28(40(2,3)4)20-21-42(39)8;/h10-24H,1,8H2,2-7,9H3;/q-2;+2/i9D3;. The third-order valence-electron chi connectivity index (χ3n) is 8.70. The van der Waals surface area contributed by atoms with Gasteiger partial charge in [-0.15, -0.1) is 41.3 Å². The summed E-state index contributed by atoms with van der Waals surface area (Å²) in [4.78, 5) is 3.13. The molecular weight excluding hydrogens is 760 g/mol. The summed E-state index contributed by atoms with van der Waals surface area (Å²) in [5.41, 5.74) is 5.73. The second-order valence-corrected chi connectivity index (χ2v) is 14.0. The summed E-state index contributed by atoms with van der Waals surface area (Å²) in [6.45, 7) is 19.1. The summed E-state index contributed by atoms with van der Waals surface area (Å²) in [5, 5.41) is 2.15. The van der Waals surface area contributed by atoms with Gasteiger partial charge in [0.05, 0.1) is 16.9 Å². The zero-order valence-electron chi connectivity index (χ0n) is 30.6. The molecule has 7 rings (SSSR count). The molecule has 6 heteroatoms. The number of nitrogens with zero attached hydrogens (tertiary/aromatic N) is 4. The number of allylic oxidation sites excluding steroid dienone is 2. The molecule has 5 nitrogen and oxygen atoms in total. The third kappa shape index (κ3) is 5.61. The minimum atomic E-state index is -2.41. The Morgan fingerprint density at radius 3 is 2.30 bits per heavy atom. The van der Waals surface area contributed by atoms with Gasteiger partial charge in [-0.3, -0.25) is 9.14 Å². The van der Waals surface area contributed by atoms with Crippen LogP contribution in [-0.4, -0.2) is 22.8 Å². The van der Waals surface area contributed by atoms with Crippen molar-refractivity contribution < 1.29 is 34.5 Å². The molecule has 5 aromatic rings. The molecule has 0 saturated carbocycles. The quantitative estimate of drug-likeness (QED) is 0.134. The number of fused-ring (bicyclic) bond motifs is 4. The van der Waals surface area contributed by atoms with Gasteiger partial charge in [-0.05, 0) is 40.6 Å². The Labute approximate surface area is 297 Å². The van der Waals surface area contributed by atoms with E-state index in [9.17, 15) is 0 Å². The summed E-state index contributed by atoms with van der Waals surface area (Å²) in [6, 6.07) is 30.8. The molecule has 0 amide bonds. The molecule has 0 spiro atoms. The maximum atomic E-state index is 8.24. The van der Waals surface area contributed by atoms with Crippen LogP contribution in [-0.2, 0) is 26.5 Å². The first-order chi connectivity index (χ1) is 23.0. The molecule has 0 unspecified atom stereocenters. The number of hydrogen-bond acceptors (Lipinski definition) is 3. The van der Waals surface area contributed by atoms with Crippen molar-refractivity contribution in [3.8, 4) is 11.5 Å². The van der Waals surface area contributed by atoms with E-state index in [-0.39, 0.29) is 31.9 Å². The van der Waals surface area contributed by atoms with E-state index in [1.807, 2.05) is 64.2 Å². The number of anilines is 3. The first-order valence-electron chi connectivity index (χ1n) is 17.0. The van der Waals surface area contributed by atoms with E-state index in [0.29, 0.717) is 34.4 Å². The predicted molar refractivity (Wildman–Crippen MR) is 191 cm³/mol. The summed E-state index contributed by atoms with van der Waals surface area (Å²) in [5.74, 6) is 1.34. The Morgan fingerprint density at radius 2 is 1.57 bits per heavy atom. The molecule has 0 N–H and O–H groups in total. The van der Waals surface area contributed by atoms with Crippen molar-refractivity contribution in [3.05, 3.63) is 133 Å². The molecule has 2 aliphatic rings. The minimum absolute atomic E-state index is 0. The Kier molecular flexibility index (Phi) is 7.12. The number of aromatic nitrogens is 1. The number of hydrogen-bond donors (Lipinski definition) is 0. The van der Waals surface area contributed by atoms with Crippen molar-refractivity contribution in [1.29, 1.82) is 0 Å². The van der Waals surface area contributed by atoms with Gasteiger partial charge in [0.15, 0.2) is 0 Å². The normalized spacial score (nSPS) is 16.2. The molecule has 0 bridgehead atoms. The zero-order valence-corrected chi connectivity index (χ0v) is 29.9. The van der Waals surface area contributed by atoms with E-state index in [1.54, 1.807) is 6.07 Å². The minimum Gasteiger partial charge on any atom is -0.510 e. The number of ether oxygens (including phenoxy) is 1. The van der Waals surface area contributed by atoms with Crippen LogP contribution in [0.5, 0.6) is 11.5 Å². The van der Waals surface area contributed by atoms with Crippen LogP contribution in [0.25, 0.3) is 21.8 Å². The fraction of sp³-hybridized carbons (Fsp3) is 0.220. The number of benzene rings is 4. The molecule has 3 heterocycles. The molecule has 2 aliphatic heterocycles. The van der Waals surface area contributed by atoms with E-state index >= 15 is 0 Å². The van der Waals surface area contributed by atoms with E-state index in [2.05, 4.69) is 102 Å². The van der Waals surface area contributed by atoms with Crippen molar-refractivity contribution in [1.82, 2.24) is 4.57 Å². The van der Waals surface area contributed by atoms with Crippen LogP contribution in [0.15, 0.2) is 109 Å². The molecule has 0 radical (unpaired) electrons. The van der Waals surface area contributed by atoms with Gasteiger partial charge in [-0.25, -0.2) is 0 Å². The van der Waals surface area contributed by atoms with Crippen LogP contribution >= 0.6 is 0 Å². The largest absolute Gasteiger partial charge is 2.00 e. The first-order valence-corrected chi connectivity index (χ1v) is 15.5. The second kappa shape index (κ2) is 11.6. The molecule has 0 saturated heterocycles. The van der Waals surface area contributed by atoms with Crippen molar-refractivity contribution in [3.63, 3.8) is 0 Å². The van der Waals surface area contributed by atoms with Crippen molar-refractivity contribution >= 4 is 45.6 Å². The average molecular weight is 803 g/mol. The monoisotopic (exact) mass is 802 g/mol. The third-order valence-corrected chi connectivity index (χ3v) is 8.70. The van der Waals surface area contributed by atoms with E-state index in [4.69, 9.17) is 8.85 Å². The SMILES string of the molecule is [2H]C([2H])([2H])N1C(=C)N(c2[c-]c(Oc3[c-]c4c(cc3)c3ccccc3n4[C-]3C=C(C(C)(C)C)C=C[N+]3=C)cc(C(C)(C)C)c2)c2ccccc21.[Pt+2]. The summed E-state index contributed by atoms with van der Waals surface area (Å²) in [6.07, 6.45) is 7.23. The molecule has 4 aromatic carbocycles. The van der Waals surface area contributed by atoms with Crippen LogP contribution in [0.1, 0.15) is 51.2 Å².